The molecule has 3 N–H and O–H groups in total. The van der Waals surface area contributed by atoms with Crippen LogP contribution in [-0.4, -0.2) is 35.9 Å². The molecule has 31 heavy (non-hydrogen) atoms. The molecule has 0 radical (unpaired) electrons. The molecular weight excluding hydrogens is 414 g/mol. The van der Waals surface area contributed by atoms with Gasteiger partial charge >= 0.3 is 11.8 Å². The number of aliphatic hydroxyl groups is 1. The normalized spacial score (nSPS) is 15.7. The Bertz CT molecular complexity index is 1120. The summed E-state index contributed by atoms with van der Waals surface area (Å²) in [4.78, 5) is 38.9. The number of carbonyl (C=O) groups is 3. The van der Waals surface area contributed by atoms with E-state index in [0.29, 0.717) is 29.2 Å². The lowest BCUT2D eigenvalue weighted by molar-refractivity contribution is -0.136. The molecule has 0 aliphatic carbocycles. The molecule has 3 aromatic rings. The number of rotatable bonds is 5. The fraction of sp³-hybridized carbons (Fsp3) is 0.261. The van der Waals surface area contributed by atoms with Crippen molar-refractivity contribution in [3.05, 3.63) is 59.5 Å². The van der Waals surface area contributed by atoms with Gasteiger partial charge in [0.15, 0.2) is 0 Å². The van der Waals surface area contributed by atoms with Gasteiger partial charge in [-0.15, -0.1) is 11.3 Å². The maximum absolute atomic E-state index is 12.3. The average molecular weight is 438 g/mol. The molecule has 1 aliphatic rings. The summed E-state index contributed by atoms with van der Waals surface area (Å²) in [6, 6.07) is 16.5. The van der Waals surface area contributed by atoms with Crippen molar-refractivity contribution in [3.63, 3.8) is 0 Å². The van der Waals surface area contributed by atoms with Gasteiger partial charge in [-0.1, -0.05) is 24.3 Å². The van der Waals surface area contributed by atoms with Crippen LogP contribution in [-0.2, 0) is 20.0 Å². The molecule has 3 amide bonds. The van der Waals surface area contributed by atoms with Crippen LogP contribution in [0, 0.1) is 0 Å². The van der Waals surface area contributed by atoms with Crippen LogP contribution in [0.1, 0.15) is 24.6 Å². The van der Waals surface area contributed by atoms with Crippen molar-refractivity contribution in [2.24, 2.45) is 0 Å². The first-order valence-corrected chi connectivity index (χ1v) is 10.9. The molecule has 160 valence electrons. The van der Waals surface area contributed by atoms with E-state index in [4.69, 9.17) is 0 Å². The van der Waals surface area contributed by atoms with Crippen molar-refractivity contribution < 1.29 is 19.5 Å². The zero-order chi connectivity index (χ0) is 22.0. The van der Waals surface area contributed by atoms with E-state index in [1.54, 1.807) is 36.1 Å². The number of nitrogens with one attached hydrogen (secondary N) is 2. The van der Waals surface area contributed by atoms with E-state index < -0.39 is 17.4 Å². The third kappa shape index (κ3) is 4.60. The van der Waals surface area contributed by atoms with Crippen LogP contribution in [0.15, 0.2) is 54.6 Å². The molecule has 1 saturated heterocycles. The summed E-state index contributed by atoms with van der Waals surface area (Å²) in [5.74, 6) is -1.63. The second-order valence-electron chi connectivity index (χ2n) is 7.76. The number of hydrogen-bond acceptors (Lipinski definition) is 5. The molecule has 0 spiro atoms. The Kier molecular flexibility index (Phi) is 5.75. The molecular formula is C23H23N3O4S. The van der Waals surface area contributed by atoms with Gasteiger partial charge in [-0.3, -0.25) is 14.4 Å². The first-order valence-electron chi connectivity index (χ1n) is 10.0. The van der Waals surface area contributed by atoms with Crippen molar-refractivity contribution in [1.82, 2.24) is 5.32 Å². The van der Waals surface area contributed by atoms with Crippen molar-refractivity contribution in [1.29, 1.82) is 0 Å². The van der Waals surface area contributed by atoms with E-state index in [2.05, 4.69) is 10.6 Å². The summed E-state index contributed by atoms with van der Waals surface area (Å²) in [6.45, 7) is 2.14. The van der Waals surface area contributed by atoms with Crippen molar-refractivity contribution >= 4 is 50.5 Å². The van der Waals surface area contributed by atoms with E-state index in [0.717, 1.165) is 16.5 Å². The number of anilines is 2. The molecule has 8 heteroatoms. The Labute approximate surface area is 183 Å². The number of hydrogen-bond donors (Lipinski definition) is 3. The molecule has 1 unspecified atom stereocenters. The zero-order valence-electron chi connectivity index (χ0n) is 17.1. The number of benzene rings is 2. The van der Waals surface area contributed by atoms with Gasteiger partial charge in [0.25, 0.3) is 0 Å². The highest BCUT2D eigenvalue weighted by atomic mass is 32.1. The van der Waals surface area contributed by atoms with Crippen molar-refractivity contribution in [2.75, 3.05) is 23.3 Å². The molecule has 2 aromatic carbocycles. The molecule has 1 fully saturated rings. The van der Waals surface area contributed by atoms with Gasteiger partial charge in [-0.25, -0.2) is 0 Å². The lowest BCUT2D eigenvalue weighted by Gasteiger charge is -2.22. The minimum absolute atomic E-state index is 0.0460. The quantitative estimate of drug-likeness (QED) is 0.535. The lowest BCUT2D eigenvalue weighted by atomic mass is 10.0. The number of thiophene rings is 1. The van der Waals surface area contributed by atoms with E-state index in [9.17, 15) is 19.5 Å². The van der Waals surface area contributed by atoms with Crippen LogP contribution in [0.3, 0.4) is 0 Å². The summed E-state index contributed by atoms with van der Waals surface area (Å²) in [5.41, 5.74) is -0.197. The van der Waals surface area contributed by atoms with Crippen LogP contribution < -0.4 is 15.5 Å². The van der Waals surface area contributed by atoms with Crippen molar-refractivity contribution in [3.8, 4) is 0 Å². The van der Waals surface area contributed by atoms with Crippen molar-refractivity contribution in [2.45, 2.75) is 25.4 Å². The standard InChI is InChI=1S/C23H23N3O4S/c1-23(30,19-12-15-6-2-3-9-18(15)31-19)14-24-21(28)22(29)25-16-7-4-8-17(13-16)26-11-5-10-20(26)27/h2-4,6-9,12-13,30H,5,10-11,14H2,1H3,(H,24,28)(H,25,29). The number of nitrogens with zero attached hydrogens (tertiary/aromatic N) is 1. The molecule has 0 saturated carbocycles. The second kappa shape index (κ2) is 8.49. The molecule has 4 rings (SSSR count). The topological polar surface area (TPSA) is 98.7 Å². The summed E-state index contributed by atoms with van der Waals surface area (Å²) in [5, 5.41) is 16.9. The molecule has 0 bridgehead atoms. The highest BCUT2D eigenvalue weighted by Crippen LogP contribution is 2.32. The molecule has 2 heterocycles. The Morgan fingerprint density at radius 2 is 1.94 bits per heavy atom. The molecule has 1 aliphatic heterocycles. The van der Waals surface area contributed by atoms with Gasteiger partial charge < -0.3 is 20.6 Å². The van der Waals surface area contributed by atoms with Crippen LogP contribution in [0.4, 0.5) is 11.4 Å². The largest absolute Gasteiger partial charge is 0.383 e. The van der Waals surface area contributed by atoms with Crippen LogP contribution >= 0.6 is 11.3 Å². The van der Waals surface area contributed by atoms with E-state index in [1.807, 2.05) is 30.3 Å². The Morgan fingerprint density at radius 1 is 1.13 bits per heavy atom. The zero-order valence-corrected chi connectivity index (χ0v) is 17.9. The predicted octanol–water partition coefficient (Wildman–Crippen LogP) is 2.99. The van der Waals surface area contributed by atoms with E-state index in [-0.39, 0.29) is 12.5 Å². The molecule has 1 aromatic heterocycles. The first kappa shape index (κ1) is 21.0. The Balaban J connectivity index is 1.37. The minimum atomic E-state index is -1.31. The number of carbonyl (C=O) groups excluding carboxylic acids is 3. The summed E-state index contributed by atoms with van der Waals surface area (Å²) < 4.78 is 1.04. The number of amides is 3. The van der Waals surface area contributed by atoms with Crippen LogP contribution in [0.2, 0.25) is 0 Å². The molecule has 1 atom stereocenters. The minimum Gasteiger partial charge on any atom is -0.383 e. The van der Waals surface area contributed by atoms with Gasteiger partial charge in [0.05, 0.1) is 6.54 Å². The fourth-order valence-electron chi connectivity index (χ4n) is 3.53. The summed E-state index contributed by atoms with van der Waals surface area (Å²) >= 11 is 1.45. The summed E-state index contributed by atoms with van der Waals surface area (Å²) in [7, 11) is 0. The third-order valence-corrected chi connectivity index (χ3v) is 6.61. The van der Waals surface area contributed by atoms with Gasteiger partial charge in [-0.2, -0.15) is 0 Å². The predicted molar refractivity (Wildman–Crippen MR) is 121 cm³/mol. The maximum Gasteiger partial charge on any atom is 0.313 e. The third-order valence-electron chi connectivity index (χ3n) is 5.24. The lowest BCUT2D eigenvalue weighted by Crippen LogP contribution is -2.43. The SMILES string of the molecule is CC(O)(CNC(=O)C(=O)Nc1cccc(N2CCCC2=O)c1)c1cc2ccccc2s1. The van der Waals surface area contributed by atoms with Crippen LogP contribution in [0.5, 0.6) is 0 Å². The maximum atomic E-state index is 12.3. The highest BCUT2D eigenvalue weighted by molar-refractivity contribution is 7.19. The fourth-order valence-corrected chi connectivity index (χ4v) is 4.63. The van der Waals surface area contributed by atoms with Crippen LogP contribution in [0.25, 0.3) is 10.1 Å². The van der Waals surface area contributed by atoms with E-state index >= 15 is 0 Å². The first-order chi connectivity index (χ1) is 14.8. The van der Waals surface area contributed by atoms with Gasteiger partial charge in [-0.05, 0) is 49.1 Å². The van der Waals surface area contributed by atoms with Gasteiger partial charge in [0, 0.05) is 33.9 Å². The Hall–Kier alpha value is -3.23. The molecule has 7 nitrogen and oxygen atoms in total. The smallest absolute Gasteiger partial charge is 0.313 e. The van der Waals surface area contributed by atoms with Gasteiger partial charge in [0.2, 0.25) is 5.91 Å². The summed E-state index contributed by atoms with van der Waals surface area (Å²) in [6.07, 6.45) is 1.32. The Morgan fingerprint density at radius 3 is 2.68 bits per heavy atom. The monoisotopic (exact) mass is 437 g/mol. The average Bonchev–Trinajstić information content (AvgIpc) is 3.38. The highest BCUT2D eigenvalue weighted by Gasteiger charge is 2.28. The van der Waals surface area contributed by atoms with E-state index in [1.165, 1.54) is 11.3 Å². The number of fused-ring (bicyclic) bond motifs is 1. The second-order valence-corrected chi connectivity index (χ2v) is 8.84. The van der Waals surface area contributed by atoms with Gasteiger partial charge in [0.1, 0.15) is 5.60 Å².